The smallest absolute Gasteiger partial charge is 0.298 e. The Labute approximate surface area is 163 Å². The number of rotatable bonds is 5. The summed E-state index contributed by atoms with van der Waals surface area (Å²) in [4.78, 5) is 26.0. The van der Waals surface area contributed by atoms with Gasteiger partial charge in [-0.05, 0) is 41.8 Å². The molecule has 0 bridgehead atoms. The van der Waals surface area contributed by atoms with Crippen molar-refractivity contribution in [2.45, 2.75) is 13.3 Å². The van der Waals surface area contributed by atoms with Crippen LogP contribution in [0.4, 0.5) is 5.69 Å². The maximum atomic E-state index is 13.2. The van der Waals surface area contributed by atoms with Crippen molar-refractivity contribution >= 4 is 22.9 Å². The molecule has 0 atom stereocenters. The van der Waals surface area contributed by atoms with Crippen molar-refractivity contribution < 1.29 is 9.59 Å². The second-order valence-corrected chi connectivity index (χ2v) is 6.56. The first-order valence-electron chi connectivity index (χ1n) is 9.28. The van der Waals surface area contributed by atoms with Crippen LogP contribution in [-0.2, 0) is 11.2 Å². The van der Waals surface area contributed by atoms with Crippen molar-refractivity contribution in [1.29, 1.82) is 0 Å². The molecule has 4 nitrogen and oxygen atoms in total. The quantitative estimate of drug-likeness (QED) is 0.398. The van der Waals surface area contributed by atoms with E-state index in [4.69, 9.17) is 0 Å². The molecule has 138 valence electrons. The minimum Gasteiger partial charge on any atom is -0.319 e. The number of Topliss-reactive ketones (excluding diaryl/α,β-unsaturated/α-hetero) is 1. The summed E-state index contributed by atoms with van der Waals surface area (Å²) in [7, 11) is 0. The van der Waals surface area contributed by atoms with Gasteiger partial charge in [0.15, 0.2) is 0 Å². The number of carbonyl (C=O) groups excluding carboxylic acids is 2. The molecule has 0 aliphatic rings. The number of hydrogen-bond acceptors (Lipinski definition) is 2. The highest BCUT2D eigenvalue weighted by Crippen LogP contribution is 2.28. The van der Waals surface area contributed by atoms with Crippen LogP contribution in [0.15, 0.2) is 85.1 Å². The number of amides is 1. The van der Waals surface area contributed by atoms with E-state index in [2.05, 4.69) is 5.32 Å². The third kappa shape index (κ3) is 3.21. The largest absolute Gasteiger partial charge is 0.319 e. The number of carbonyl (C=O) groups is 2. The van der Waals surface area contributed by atoms with E-state index in [0.29, 0.717) is 11.4 Å². The lowest BCUT2D eigenvalue weighted by atomic mass is 10.0. The van der Waals surface area contributed by atoms with Gasteiger partial charge in [-0.15, -0.1) is 0 Å². The number of hydrogen-bond donors (Lipinski definition) is 1. The maximum absolute atomic E-state index is 13.2. The highest BCUT2D eigenvalue weighted by atomic mass is 16.2. The van der Waals surface area contributed by atoms with Gasteiger partial charge in [0.1, 0.15) is 5.69 Å². The number of aryl methyl sites for hydroxylation is 1. The van der Waals surface area contributed by atoms with Crippen LogP contribution in [0.3, 0.4) is 0 Å². The van der Waals surface area contributed by atoms with Crippen LogP contribution in [-0.4, -0.2) is 16.1 Å². The fourth-order valence-electron chi connectivity index (χ4n) is 3.43. The highest BCUT2D eigenvalue weighted by molar-refractivity contribution is 6.47. The van der Waals surface area contributed by atoms with Crippen LogP contribution in [0.1, 0.15) is 23.0 Å². The molecule has 0 saturated heterocycles. The number of pyridine rings is 1. The average molecular weight is 368 g/mol. The second-order valence-electron chi connectivity index (χ2n) is 6.56. The lowest BCUT2D eigenvalue weighted by molar-refractivity contribution is -0.112. The first-order chi connectivity index (χ1) is 13.7. The van der Waals surface area contributed by atoms with Gasteiger partial charge in [-0.1, -0.05) is 61.5 Å². The molecule has 1 N–H and O–H groups in total. The van der Waals surface area contributed by atoms with E-state index in [9.17, 15) is 9.59 Å². The van der Waals surface area contributed by atoms with Crippen molar-refractivity contribution in [3.8, 4) is 11.1 Å². The van der Waals surface area contributed by atoms with Gasteiger partial charge in [0.2, 0.25) is 0 Å². The first kappa shape index (κ1) is 17.7. The van der Waals surface area contributed by atoms with E-state index < -0.39 is 11.7 Å². The molecule has 0 saturated carbocycles. The number of fused-ring (bicyclic) bond motifs is 1. The summed E-state index contributed by atoms with van der Waals surface area (Å²) < 4.78 is 1.77. The molecule has 28 heavy (non-hydrogen) atoms. The fraction of sp³-hybridized carbons (Fsp3) is 0.0833. The molecular formula is C24H20N2O2. The van der Waals surface area contributed by atoms with Gasteiger partial charge in [0.05, 0.1) is 0 Å². The summed E-state index contributed by atoms with van der Waals surface area (Å²) in [5, 5.41) is 2.79. The Bertz CT molecular complexity index is 1160. The number of ketones is 1. The van der Waals surface area contributed by atoms with Crippen LogP contribution in [0, 0.1) is 0 Å². The molecule has 0 radical (unpaired) electrons. The van der Waals surface area contributed by atoms with E-state index in [1.54, 1.807) is 4.40 Å². The summed E-state index contributed by atoms with van der Waals surface area (Å²) in [6.45, 7) is 2.01. The summed E-state index contributed by atoms with van der Waals surface area (Å²) >= 11 is 0. The zero-order valence-corrected chi connectivity index (χ0v) is 15.6. The number of nitrogens with zero attached hydrogens (tertiary/aromatic N) is 1. The Morgan fingerprint density at radius 3 is 2.39 bits per heavy atom. The van der Waals surface area contributed by atoms with Crippen LogP contribution >= 0.6 is 0 Å². The molecule has 0 aliphatic carbocycles. The third-order valence-corrected chi connectivity index (χ3v) is 4.83. The van der Waals surface area contributed by atoms with Gasteiger partial charge < -0.3 is 9.72 Å². The van der Waals surface area contributed by atoms with Crippen LogP contribution in [0.25, 0.3) is 16.6 Å². The lowest BCUT2D eigenvalue weighted by Gasteiger charge is -2.10. The van der Waals surface area contributed by atoms with E-state index in [1.807, 2.05) is 92.0 Å². The summed E-state index contributed by atoms with van der Waals surface area (Å²) in [6, 6.07) is 24.8. The number of anilines is 1. The van der Waals surface area contributed by atoms with Gasteiger partial charge in [-0.2, -0.15) is 0 Å². The molecule has 4 heteroatoms. The van der Waals surface area contributed by atoms with E-state index in [-0.39, 0.29) is 0 Å². The highest BCUT2D eigenvalue weighted by Gasteiger charge is 2.25. The molecule has 4 aromatic rings. The van der Waals surface area contributed by atoms with E-state index >= 15 is 0 Å². The molecule has 0 fully saturated rings. The summed E-state index contributed by atoms with van der Waals surface area (Å²) in [6.07, 6.45) is 2.58. The van der Waals surface area contributed by atoms with Crippen LogP contribution < -0.4 is 5.32 Å². The predicted octanol–water partition coefficient (Wildman–Crippen LogP) is 4.99. The number of nitrogens with one attached hydrogen (secondary N) is 1. The van der Waals surface area contributed by atoms with Gasteiger partial charge in [0, 0.05) is 23.0 Å². The molecule has 2 heterocycles. The molecule has 4 rings (SSSR count). The monoisotopic (exact) mass is 368 g/mol. The number of benzene rings is 2. The number of para-hydroxylation sites is 1. The van der Waals surface area contributed by atoms with Crippen molar-refractivity contribution in [3.63, 3.8) is 0 Å². The zero-order chi connectivity index (χ0) is 19.5. The topological polar surface area (TPSA) is 50.6 Å². The Hall–Kier alpha value is -3.66. The molecular weight excluding hydrogens is 348 g/mol. The third-order valence-electron chi connectivity index (χ3n) is 4.83. The van der Waals surface area contributed by atoms with E-state index in [0.717, 1.165) is 28.6 Å². The van der Waals surface area contributed by atoms with Crippen molar-refractivity contribution in [2.24, 2.45) is 0 Å². The molecule has 2 aromatic carbocycles. The maximum Gasteiger partial charge on any atom is 0.298 e. The van der Waals surface area contributed by atoms with Crippen LogP contribution in [0.2, 0.25) is 0 Å². The zero-order valence-electron chi connectivity index (χ0n) is 15.6. The minimum absolute atomic E-state index is 0.369. The summed E-state index contributed by atoms with van der Waals surface area (Å²) in [5.74, 6) is -1.20. The molecule has 0 aliphatic heterocycles. The van der Waals surface area contributed by atoms with Gasteiger partial charge in [-0.3, -0.25) is 9.59 Å². The number of aromatic nitrogens is 1. The minimum atomic E-state index is -0.637. The predicted molar refractivity (Wildman–Crippen MR) is 112 cm³/mol. The first-order valence-corrected chi connectivity index (χ1v) is 9.28. The Balaban J connectivity index is 1.77. The summed E-state index contributed by atoms with van der Waals surface area (Å²) in [5.41, 5.74) is 4.55. The Morgan fingerprint density at radius 1 is 0.893 bits per heavy atom. The van der Waals surface area contributed by atoms with Gasteiger partial charge in [-0.25, -0.2) is 0 Å². The molecule has 0 spiro atoms. The van der Waals surface area contributed by atoms with Crippen molar-refractivity contribution in [2.75, 3.05) is 5.32 Å². The molecule has 1 amide bonds. The SMILES string of the molecule is CCc1ccccc1NC(=O)C(=O)c1c(-c2ccccc2)cc2ccccn12. The Morgan fingerprint density at radius 2 is 1.61 bits per heavy atom. The van der Waals surface area contributed by atoms with Crippen molar-refractivity contribution in [3.05, 3.63) is 96.3 Å². The standard InChI is InChI=1S/C24H20N2O2/c1-2-17-10-6-7-14-21(17)25-24(28)23(27)22-20(18-11-4-3-5-12-18)16-19-13-8-9-15-26(19)22/h3-16H,2H2,1H3,(H,25,28). The molecule has 2 aromatic heterocycles. The van der Waals surface area contributed by atoms with E-state index in [1.165, 1.54) is 0 Å². The molecule has 0 unspecified atom stereocenters. The van der Waals surface area contributed by atoms with Gasteiger partial charge >= 0.3 is 0 Å². The average Bonchev–Trinajstić information content (AvgIpc) is 3.13. The normalized spacial score (nSPS) is 10.8. The fourth-order valence-corrected chi connectivity index (χ4v) is 3.43. The second kappa shape index (κ2) is 7.53. The lowest BCUT2D eigenvalue weighted by Crippen LogP contribution is -2.25. The Kier molecular flexibility index (Phi) is 4.77. The van der Waals surface area contributed by atoms with Gasteiger partial charge in [0.25, 0.3) is 11.7 Å². The van der Waals surface area contributed by atoms with Crippen molar-refractivity contribution in [1.82, 2.24) is 4.40 Å². The van der Waals surface area contributed by atoms with Crippen LogP contribution in [0.5, 0.6) is 0 Å².